The zero-order chi connectivity index (χ0) is 13.3. The van der Waals surface area contributed by atoms with E-state index in [0.29, 0.717) is 18.7 Å². The molecule has 0 amide bonds. The average molecular weight is 250 g/mol. The smallest absolute Gasteiger partial charge is 0.326 e. The number of carbonyl (C=O) groups is 1. The maximum absolute atomic E-state index is 11.1. The highest BCUT2D eigenvalue weighted by Crippen LogP contribution is 2.29. The Hall–Kier alpha value is -2.11. The minimum Gasteiger partial charge on any atom is -0.480 e. The molecule has 1 aromatic rings. The van der Waals surface area contributed by atoms with Gasteiger partial charge in [0.05, 0.1) is 4.92 Å². The summed E-state index contributed by atoms with van der Waals surface area (Å²) in [6, 6.07) is 4.13. The highest BCUT2D eigenvalue weighted by molar-refractivity contribution is 5.79. The molecule has 96 valence electrons. The van der Waals surface area contributed by atoms with Crippen LogP contribution in [0.5, 0.6) is 0 Å². The van der Waals surface area contributed by atoms with Gasteiger partial charge in [-0.2, -0.15) is 0 Å². The van der Waals surface area contributed by atoms with Crippen LogP contribution in [-0.4, -0.2) is 28.6 Å². The van der Waals surface area contributed by atoms with Crippen molar-refractivity contribution in [2.75, 3.05) is 11.4 Å². The molecule has 0 aromatic heterocycles. The first-order valence-corrected chi connectivity index (χ1v) is 5.74. The van der Waals surface area contributed by atoms with Gasteiger partial charge in [0, 0.05) is 24.4 Å². The van der Waals surface area contributed by atoms with E-state index in [-0.39, 0.29) is 5.69 Å². The van der Waals surface area contributed by atoms with Crippen LogP contribution in [0.2, 0.25) is 0 Å². The van der Waals surface area contributed by atoms with Gasteiger partial charge in [-0.3, -0.25) is 10.1 Å². The molecule has 1 fully saturated rings. The monoisotopic (exact) mass is 250 g/mol. The van der Waals surface area contributed by atoms with Crippen LogP contribution in [0.1, 0.15) is 18.4 Å². The van der Waals surface area contributed by atoms with Crippen molar-refractivity contribution in [3.05, 3.63) is 33.9 Å². The molecule has 1 unspecified atom stereocenters. The largest absolute Gasteiger partial charge is 0.480 e. The van der Waals surface area contributed by atoms with E-state index in [4.69, 9.17) is 5.11 Å². The highest BCUT2D eigenvalue weighted by Gasteiger charge is 2.31. The molecule has 2 rings (SSSR count). The third-order valence-corrected chi connectivity index (χ3v) is 3.13. The van der Waals surface area contributed by atoms with Crippen molar-refractivity contribution < 1.29 is 14.8 Å². The molecule has 0 bridgehead atoms. The number of nitro groups is 1. The first kappa shape index (κ1) is 12.3. The summed E-state index contributed by atoms with van der Waals surface area (Å²) in [6.07, 6.45) is 1.37. The van der Waals surface area contributed by atoms with Gasteiger partial charge in [0.15, 0.2) is 0 Å². The second-order valence-corrected chi connectivity index (χ2v) is 4.47. The normalized spacial score (nSPS) is 18.9. The number of benzene rings is 1. The zero-order valence-electron chi connectivity index (χ0n) is 10.00. The summed E-state index contributed by atoms with van der Waals surface area (Å²) >= 11 is 0. The second-order valence-electron chi connectivity index (χ2n) is 4.47. The SMILES string of the molecule is Cc1cc(N2CCCC2C(=O)O)cc([N+](=O)[O-])c1. The standard InChI is InChI=1S/C12H14N2O4/c1-8-5-9(7-10(6-8)14(17)18)13-4-2-3-11(13)12(15)16/h5-7,11H,2-4H2,1H3,(H,15,16). The van der Waals surface area contributed by atoms with Gasteiger partial charge in [0.1, 0.15) is 6.04 Å². The lowest BCUT2D eigenvalue weighted by Crippen LogP contribution is -2.35. The number of carboxylic acid groups (broad SMARTS) is 1. The van der Waals surface area contributed by atoms with E-state index < -0.39 is 16.9 Å². The van der Waals surface area contributed by atoms with E-state index in [1.54, 1.807) is 17.9 Å². The number of non-ortho nitro benzene ring substituents is 1. The quantitative estimate of drug-likeness (QED) is 0.654. The fourth-order valence-corrected chi connectivity index (χ4v) is 2.35. The Morgan fingerprint density at radius 2 is 2.22 bits per heavy atom. The Labute approximate surface area is 104 Å². The third kappa shape index (κ3) is 2.27. The Kier molecular flexibility index (Phi) is 3.18. The molecule has 6 nitrogen and oxygen atoms in total. The summed E-state index contributed by atoms with van der Waals surface area (Å²) in [4.78, 5) is 23.2. The molecule has 0 saturated carbocycles. The van der Waals surface area contributed by atoms with E-state index in [9.17, 15) is 14.9 Å². The zero-order valence-corrected chi connectivity index (χ0v) is 10.00. The summed E-state index contributed by atoms with van der Waals surface area (Å²) in [5.74, 6) is -0.878. The minimum absolute atomic E-state index is 0.000962. The van der Waals surface area contributed by atoms with Gasteiger partial charge in [0.2, 0.25) is 0 Å². The van der Waals surface area contributed by atoms with E-state index in [2.05, 4.69) is 0 Å². The number of hydrogen-bond donors (Lipinski definition) is 1. The molecule has 0 radical (unpaired) electrons. The summed E-state index contributed by atoms with van der Waals surface area (Å²) in [5, 5.41) is 19.9. The minimum atomic E-state index is -0.878. The molecule has 1 N–H and O–H groups in total. The highest BCUT2D eigenvalue weighted by atomic mass is 16.6. The van der Waals surface area contributed by atoms with Gasteiger partial charge in [-0.15, -0.1) is 0 Å². The van der Waals surface area contributed by atoms with Gasteiger partial charge in [-0.1, -0.05) is 0 Å². The van der Waals surface area contributed by atoms with E-state index >= 15 is 0 Å². The maximum atomic E-state index is 11.1. The van der Waals surface area contributed by atoms with E-state index in [0.717, 1.165) is 12.0 Å². The number of carboxylic acids is 1. The van der Waals surface area contributed by atoms with Crippen molar-refractivity contribution in [3.8, 4) is 0 Å². The fraction of sp³-hybridized carbons (Fsp3) is 0.417. The molecule has 18 heavy (non-hydrogen) atoms. The Bertz CT molecular complexity index is 501. The van der Waals surface area contributed by atoms with Gasteiger partial charge in [-0.05, 0) is 31.4 Å². The van der Waals surface area contributed by atoms with Crippen LogP contribution in [-0.2, 0) is 4.79 Å². The van der Waals surface area contributed by atoms with Gasteiger partial charge in [0.25, 0.3) is 5.69 Å². The van der Waals surface area contributed by atoms with Crippen molar-refractivity contribution in [2.45, 2.75) is 25.8 Å². The van der Waals surface area contributed by atoms with Crippen LogP contribution in [0, 0.1) is 17.0 Å². The first-order valence-electron chi connectivity index (χ1n) is 5.74. The lowest BCUT2D eigenvalue weighted by Gasteiger charge is -2.23. The van der Waals surface area contributed by atoms with Crippen molar-refractivity contribution in [3.63, 3.8) is 0 Å². The molecular formula is C12H14N2O4. The van der Waals surface area contributed by atoms with Crippen molar-refractivity contribution >= 4 is 17.3 Å². The summed E-state index contributed by atoms with van der Waals surface area (Å²) < 4.78 is 0. The van der Waals surface area contributed by atoms with Crippen molar-refractivity contribution in [2.24, 2.45) is 0 Å². The fourth-order valence-electron chi connectivity index (χ4n) is 2.35. The van der Waals surface area contributed by atoms with Gasteiger partial charge in [-0.25, -0.2) is 4.79 Å². The Morgan fingerprint density at radius 1 is 1.50 bits per heavy atom. The number of nitro benzene ring substituents is 1. The number of hydrogen-bond acceptors (Lipinski definition) is 4. The molecule has 1 saturated heterocycles. The topological polar surface area (TPSA) is 83.7 Å². The molecule has 1 aromatic carbocycles. The van der Waals surface area contributed by atoms with E-state index in [1.165, 1.54) is 12.1 Å². The van der Waals surface area contributed by atoms with Crippen LogP contribution in [0.4, 0.5) is 11.4 Å². The number of nitrogens with zero attached hydrogens (tertiary/aromatic N) is 2. The molecule has 6 heteroatoms. The van der Waals surface area contributed by atoms with E-state index in [1.807, 2.05) is 0 Å². The summed E-state index contributed by atoms with van der Waals surface area (Å²) in [6.45, 7) is 2.39. The second kappa shape index (κ2) is 4.64. The maximum Gasteiger partial charge on any atom is 0.326 e. The molecule has 1 heterocycles. The van der Waals surface area contributed by atoms with Crippen LogP contribution < -0.4 is 4.90 Å². The Morgan fingerprint density at radius 3 is 2.83 bits per heavy atom. The molecular weight excluding hydrogens is 236 g/mol. The number of anilines is 1. The van der Waals surface area contributed by atoms with Crippen LogP contribution in [0.25, 0.3) is 0 Å². The summed E-state index contributed by atoms with van der Waals surface area (Å²) in [7, 11) is 0. The van der Waals surface area contributed by atoms with Gasteiger partial charge < -0.3 is 10.0 Å². The lowest BCUT2D eigenvalue weighted by molar-refractivity contribution is -0.384. The first-order chi connectivity index (χ1) is 8.49. The number of rotatable bonds is 3. The molecule has 1 aliphatic heterocycles. The van der Waals surface area contributed by atoms with Crippen LogP contribution in [0.3, 0.4) is 0 Å². The number of aliphatic carboxylic acids is 1. The van der Waals surface area contributed by atoms with Crippen LogP contribution >= 0.6 is 0 Å². The summed E-state index contributed by atoms with van der Waals surface area (Å²) in [5.41, 5.74) is 1.38. The molecule has 1 atom stereocenters. The number of aryl methyl sites for hydroxylation is 1. The predicted molar refractivity (Wildman–Crippen MR) is 65.8 cm³/mol. The molecule has 0 aliphatic carbocycles. The average Bonchev–Trinajstić information content (AvgIpc) is 2.76. The van der Waals surface area contributed by atoms with Crippen LogP contribution in [0.15, 0.2) is 18.2 Å². The predicted octanol–water partition coefficient (Wildman–Crippen LogP) is 1.96. The van der Waals surface area contributed by atoms with Crippen molar-refractivity contribution in [1.82, 2.24) is 0 Å². The lowest BCUT2D eigenvalue weighted by atomic mass is 10.1. The van der Waals surface area contributed by atoms with Gasteiger partial charge >= 0.3 is 5.97 Å². The Balaban J connectivity index is 2.38. The third-order valence-electron chi connectivity index (χ3n) is 3.13. The molecule has 1 aliphatic rings. The van der Waals surface area contributed by atoms with Crippen molar-refractivity contribution in [1.29, 1.82) is 0 Å². The molecule has 0 spiro atoms.